The molecule has 136 valence electrons. The summed E-state index contributed by atoms with van der Waals surface area (Å²) in [6.45, 7) is 7.67. The highest BCUT2D eigenvalue weighted by molar-refractivity contribution is 6.69. The zero-order valence-corrected chi connectivity index (χ0v) is 18.0. The van der Waals surface area contributed by atoms with Crippen molar-refractivity contribution in [1.82, 2.24) is 0 Å². The molecule has 2 aromatic rings. The highest BCUT2D eigenvalue weighted by Gasteiger charge is 2.64. The van der Waals surface area contributed by atoms with E-state index in [-0.39, 0.29) is 0 Å². The van der Waals surface area contributed by atoms with Crippen LogP contribution in [0.1, 0.15) is 33.4 Å². The van der Waals surface area contributed by atoms with Gasteiger partial charge in [0.05, 0.1) is 0 Å². The third kappa shape index (κ3) is 3.64. The van der Waals surface area contributed by atoms with E-state index in [0.29, 0.717) is 11.1 Å². The standard InChI is InChI=1S/C19H18Cl5F/c1-11-5-7-15(9-13(11)3)17(18(20,21)22,19(23,24)25)16-8-6-12(2)14(4)10-16/h5-10H,1-4H3. The van der Waals surface area contributed by atoms with E-state index in [0.717, 1.165) is 22.3 Å². The van der Waals surface area contributed by atoms with Crippen LogP contribution in [0.5, 0.6) is 0 Å². The van der Waals surface area contributed by atoms with Gasteiger partial charge in [0.1, 0.15) is 5.41 Å². The maximum atomic E-state index is 15.3. The van der Waals surface area contributed by atoms with E-state index < -0.39 is 13.8 Å². The molecular weight excluding hydrogens is 424 g/mol. The number of alkyl halides is 6. The van der Waals surface area contributed by atoms with Crippen molar-refractivity contribution in [3.63, 3.8) is 0 Å². The molecule has 0 aliphatic carbocycles. The molecule has 2 aromatic carbocycles. The van der Waals surface area contributed by atoms with E-state index in [1.807, 2.05) is 39.8 Å². The maximum Gasteiger partial charge on any atom is 0.275 e. The van der Waals surface area contributed by atoms with Crippen LogP contribution in [-0.2, 0) is 5.41 Å². The predicted molar refractivity (Wildman–Crippen MR) is 108 cm³/mol. The summed E-state index contributed by atoms with van der Waals surface area (Å²) in [5, 5.41) is 0. The molecule has 0 bridgehead atoms. The summed E-state index contributed by atoms with van der Waals surface area (Å²) in [7, 11) is 0. The summed E-state index contributed by atoms with van der Waals surface area (Å²) < 4.78 is 10.3. The molecule has 0 saturated heterocycles. The minimum atomic E-state index is -2.87. The van der Waals surface area contributed by atoms with Gasteiger partial charge in [-0.05, 0) is 61.1 Å². The molecule has 0 aliphatic rings. The highest BCUT2D eigenvalue weighted by atomic mass is 35.6. The van der Waals surface area contributed by atoms with E-state index in [1.165, 1.54) is 0 Å². The predicted octanol–water partition coefficient (Wildman–Crippen LogP) is 7.68. The van der Waals surface area contributed by atoms with Gasteiger partial charge in [0, 0.05) is 0 Å². The summed E-state index contributed by atoms with van der Waals surface area (Å²) in [5.74, 6) is 0. The Morgan fingerprint density at radius 1 is 0.640 bits per heavy atom. The normalized spacial score (nSPS) is 13.2. The first kappa shape index (κ1) is 21.1. The lowest BCUT2D eigenvalue weighted by Crippen LogP contribution is -2.52. The summed E-state index contributed by atoms with van der Waals surface area (Å²) >= 11 is 31.0. The second-order valence-corrected chi connectivity index (χ2v) is 9.86. The molecule has 0 unspecified atom stereocenters. The van der Waals surface area contributed by atoms with Gasteiger partial charge in [-0.1, -0.05) is 94.4 Å². The highest BCUT2D eigenvalue weighted by Crippen LogP contribution is 2.61. The quantitative estimate of drug-likeness (QED) is 0.428. The first-order valence-electron chi connectivity index (χ1n) is 7.61. The van der Waals surface area contributed by atoms with E-state index in [1.54, 1.807) is 24.3 Å². The third-order valence-electron chi connectivity index (χ3n) is 4.73. The lowest BCUT2D eigenvalue weighted by atomic mass is 9.74. The molecule has 0 amide bonds. The Morgan fingerprint density at radius 2 is 1.00 bits per heavy atom. The topological polar surface area (TPSA) is 0 Å². The van der Waals surface area contributed by atoms with Crippen molar-refractivity contribution < 1.29 is 4.39 Å². The summed E-state index contributed by atoms with van der Waals surface area (Å²) in [4.78, 5) is 0. The molecule has 0 saturated carbocycles. The average Bonchev–Trinajstić information content (AvgIpc) is 2.44. The molecule has 0 atom stereocenters. The van der Waals surface area contributed by atoms with E-state index in [4.69, 9.17) is 58.0 Å². The number of hydrogen-bond donors (Lipinski definition) is 0. The minimum absolute atomic E-state index is 0.395. The lowest BCUT2D eigenvalue weighted by Gasteiger charge is -2.44. The van der Waals surface area contributed by atoms with Crippen LogP contribution in [0.15, 0.2) is 36.4 Å². The summed E-state index contributed by atoms with van der Waals surface area (Å²) in [6, 6.07) is 10.6. The van der Waals surface area contributed by atoms with Crippen LogP contribution in [-0.4, -0.2) is 8.38 Å². The third-order valence-corrected chi connectivity index (χ3v) is 6.15. The zero-order chi connectivity index (χ0) is 19.2. The van der Waals surface area contributed by atoms with Gasteiger partial charge in [-0.2, -0.15) is 0 Å². The van der Waals surface area contributed by atoms with Crippen molar-refractivity contribution in [1.29, 1.82) is 0 Å². The van der Waals surface area contributed by atoms with Crippen LogP contribution in [0.3, 0.4) is 0 Å². The van der Waals surface area contributed by atoms with Crippen molar-refractivity contribution in [2.24, 2.45) is 0 Å². The minimum Gasteiger partial charge on any atom is -0.207 e. The molecule has 0 aromatic heterocycles. The molecule has 0 nitrogen and oxygen atoms in total. The first-order chi connectivity index (χ1) is 11.3. The molecule has 0 radical (unpaired) electrons. The number of halogens is 6. The van der Waals surface area contributed by atoms with Crippen molar-refractivity contribution in [3.05, 3.63) is 69.8 Å². The SMILES string of the molecule is Cc1ccc(C(c2ccc(C)c(C)c2)(C(F)(Cl)Cl)C(Cl)(Cl)Cl)cc1C. The van der Waals surface area contributed by atoms with Crippen LogP contribution < -0.4 is 0 Å². The molecule has 2 rings (SSSR count). The lowest BCUT2D eigenvalue weighted by molar-refractivity contribution is 0.263. The van der Waals surface area contributed by atoms with E-state index >= 15 is 4.39 Å². The second kappa shape index (κ2) is 7.09. The number of rotatable bonds is 3. The Kier molecular flexibility index (Phi) is 5.99. The molecule has 0 fully saturated rings. The molecule has 0 aliphatic heterocycles. The molecule has 0 spiro atoms. The molecule has 0 heterocycles. The second-order valence-electron chi connectivity index (χ2n) is 6.34. The number of aryl methyl sites for hydroxylation is 4. The van der Waals surface area contributed by atoms with Crippen LogP contribution in [0, 0.1) is 27.7 Å². The van der Waals surface area contributed by atoms with Crippen molar-refractivity contribution in [2.75, 3.05) is 0 Å². The molecule has 0 N–H and O–H groups in total. The maximum absolute atomic E-state index is 15.3. The van der Waals surface area contributed by atoms with E-state index in [9.17, 15) is 0 Å². The van der Waals surface area contributed by atoms with Gasteiger partial charge in [0.25, 0.3) is 4.59 Å². The Labute approximate surface area is 173 Å². The first-order valence-corrected chi connectivity index (χ1v) is 9.50. The van der Waals surface area contributed by atoms with Crippen LogP contribution >= 0.6 is 58.0 Å². The smallest absolute Gasteiger partial charge is 0.207 e. The molecule has 6 heteroatoms. The van der Waals surface area contributed by atoms with Crippen molar-refractivity contribution >= 4 is 58.0 Å². The fourth-order valence-corrected chi connectivity index (χ4v) is 4.99. The van der Waals surface area contributed by atoms with Crippen LogP contribution in [0.4, 0.5) is 4.39 Å². The fraction of sp³-hybridized carbons (Fsp3) is 0.368. The monoisotopic (exact) mass is 440 g/mol. The zero-order valence-electron chi connectivity index (χ0n) is 14.2. The Balaban J connectivity index is 2.96. The van der Waals surface area contributed by atoms with Gasteiger partial charge in [-0.15, -0.1) is 0 Å². The van der Waals surface area contributed by atoms with E-state index in [2.05, 4.69) is 0 Å². The summed E-state index contributed by atoms with van der Waals surface area (Å²) in [5.41, 5.74) is 2.75. The van der Waals surface area contributed by atoms with Crippen molar-refractivity contribution in [2.45, 2.75) is 41.5 Å². The number of benzene rings is 2. The fourth-order valence-electron chi connectivity index (χ4n) is 2.93. The van der Waals surface area contributed by atoms with Gasteiger partial charge in [-0.3, -0.25) is 0 Å². The van der Waals surface area contributed by atoms with Crippen molar-refractivity contribution in [3.8, 4) is 0 Å². The van der Waals surface area contributed by atoms with Gasteiger partial charge >= 0.3 is 0 Å². The van der Waals surface area contributed by atoms with Gasteiger partial charge < -0.3 is 0 Å². The van der Waals surface area contributed by atoms with Crippen LogP contribution in [0.25, 0.3) is 0 Å². The molecule has 25 heavy (non-hydrogen) atoms. The Bertz CT molecular complexity index is 720. The average molecular weight is 443 g/mol. The van der Waals surface area contributed by atoms with Gasteiger partial charge in [0.2, 0.25) is 3.79 Å². The largest absolute Gasteiger partial charge is 0.275 e. The van der Waals surface area contributed by atoms with Gasteiger partial charge in [0.15, 0.2) is 0 Å². The summed E-state index contributed by atoms with van der Waals surface area (Å²) in [6.07, 6.45) is 0. The van der Waals surface area contributed by atoms with Crippen LogP contribution in [0.2, 0.25) is 0 Å². The Morgan fingerprint density at radius 3 is 1.24 bits per heavy atom. The Hall–Kier alpha value is -0.180. The van der Waals surface area contributed by atoms with Gasteiger partial charge in [-0.25, -0.2) is 4.39 Å². The number of hydrogen-bond acceptors (Lipinski definition) is 0. The molecular formula is C19H18Cl5F.